The van der Waals surface area contributed by atoms with Gasteiger partial charge in [0.15, 0.2) is 0 Å². The zero-order valence-corrected chi connectivity index (χ0v) is 16.7. The van der Waals surface area contributed by atoms with Crippen molar-refractivity contribution in [3.05, 3.63) is 53.8 Å². The molecular formula is C21H32N2O2. The molecule has 0 aliphatic heterocycles. The van der Waals surface area contributed by atoms with Gasteiger partial charge in [0.1, 0.15) is 5.75 Å². The van der Waals surface area contributed by atoms with Crippen molar-refractivity contribution in [2.45, 2.75) is 54.0 Å². The quantitative estimate of drug-likeness (QED) is 0.567. The molecule has 0 fully saturated rings. The molecule has 1 aromatic rings. The van der Waals surface area contributed by atoms with Gasteiger partial charge in [-0.25, -0.2) is 0 Å². The minimum atomic E-state index is -0.179. The number of carbonyl (C=O) groups is 1. The lowest BCUT2D eigenvalue weighted by molar-refractivity contribution is 0.0592. The van der Waals surface area contributed by atoms with Crippen LogP contribution in [0.15, 0.2) is 42.6 Å². The van der Waals surface area contributed by atoms with Gasteiger partial charge in [-0.1, -0.05) is 46.9 Å². The van der Waals surface area contributed by atoms with Crippen LogP contribution in [0.25, 0.3) is 0 Å². The molecule has 0 saturated heterocycles. The summed E-state index contributed by atoms with van der Waals surface area (Å²) >= 11 is 0. The number of hydrogen-bond acceptors (Lipinski definition) is 3. The number of benzene rings is 1. The molecule has 0 aliphatic carbocycles. The van der Waals surface area contributed by atoms with Crippen LogP contribution in [-0.4, -0.2) is 24.1 Å². The standard InChI is InChI=1S/C21H32N2O2/c1-10-19(21(6,7)8)23(16(5)14(2)3)22-20(24)17-12-11-13-18(25-9)15(17)4/h11-13,19H,2,5,10H2,1,3-4,6-9H3,(H,22,24)/t19-/m1/s1. The van der Waals surface area contributed by atoms with Gasteiger partial charge in [0.05, 0.1) is 18.8 Å². The Morgan fingerprint density at radius 3 is 2.36 bits per heavy atom. The molecule has 0 radical (unpaired) electrons. The van der Waals surface area contributed by atoms with Crippen LogP contribution in [0, 0.1) is 12.3 Å². The minimum absolute atomic E-state index is 0.0379. The number of carbonyl (C=O) groups excluding carboxylic acids is 1. The highest BCUT2D eigenvalue weighted by molar-refractivity contribution is 5.96. The highest BCUT2D eigenvalue weighted by Gasteiger charge is 2.31. The Morgan fingerprint density at radius 1 is 1.32 bits per heavy atom. The summed E-state index contributed by atoms with van der Waals surface area (Å²) in [5.74, 6) is 0.516. The van der Waals surface area contributed by atoms with Crippen molar-refractivity contribution in [3.63, 3.8) is 0 Å². The fraction of sp³-hybridized carbons (Fsp3) is 0.476. The van der Waals surface area contributed by atoms with Crippen molar-refractivity contribution in [2.24, 2.45) is 5.41 Å². The van der Waals surface area contributed by atoms with E-state index in [0.717, 1.165) is 23.3 Å². The second kappa shape index (κ2) is 8.24. The van der Waals surface area contributed by atoms with Gasteiger partial charge < -0.3 is 4.74 Å². The maximum Gasteiger partial charge on any atom is 0.270 e. The monoisotopic (exact) mass is 344 g/mol. The number of hydrogen-bond donors (Lipinski definition) is 1. The third-order valence-electron chi connectivity index (χ3n) is 4.45. The lowest BCUT2D eigenvalue weighted by Crippen LogP contribution is -2.52. The Labute approximate surface area is 152 Å². The van der Waals surface area contributed by atoms with E-state index in [2.05, 4.69) is 46.3 Å². The summed E-state index contributed by atoms with van der Waals surface area (Å²) in [6.07, 6.45) is 0.868. The predicted octanol–water partition coefficient (Wildman–Crippen LogP) is 4.86. The maximum atomic E-state index is 12.9. The lowest BCUT2D eigenvalue weighted by Gasteiger charge is -2.42. The molecule has 0 aromatic heterocycles. The number of ether oxygens (including phenoxy) is 1. The topological polar surface area (TPSA) is 41.6 Å². The van der Waals surface area contributed by atoms with E-state index in [4.69, 9.17) is 4.74 Å². The molecule has 1 aromatic carbocycles. The number of methoxy groups -OCH3 is 1. The van der Waals surface area contributed by atoms with Crippen molar-refractivity contribution in [3.8, 4) is 5.75 Å². The molecule has 1 amide bonds. The molecule has 1 N–H and O–H groups in total. The van der Waals surface area contributed by atoms with Crippen LogP contribution in [0.5, 0.6) is 5.75 Å². The lowest BCUT2D eigenvalue weighted by atomic mass is 9.84. The van der Waals surface area contributed by atoms with E-state index in [1.807, 2.05) is 31.0 Å². The van der Waals surface area contributed by atoms with Crippen LogP contribution in [0.1, 0.15) is 57.0 Å². The van der Waals surface area contributed by atoms with Crippen LogP contribution in [0.2, 0.25) is 0 Å². The number of rotatable bonds is 7. The second-order valence-electron chi connectivity index (χ2n) is 7.46. The number of nitrogens with zero attached hydrogens (tertiary/aromatic N) is 1. The first-order valence-electron chi connectivity index (χ1n) is 8.63. The van der Waals surface area contributed by atoms with Crippen LogP contribution >= 0.6 is 0 Å². The SMILES string of the molecule is C=C(C)C(=C)N(NC(=O)c1cccc(OC)c1C)[C@H](CC)C(C)(C)C. The summed E-state index contributed by atoms with van der Waals surface area (Å²) in [5.41, 5.74) is 5.95. The summed E-state index contributed by atoms with van der Waals surface area (Å²) in [6.45, 7) is 20.5. The highest BCUT2D eigenvalue weighted by atomic mass is 16.5. The van der Waals surface area contributed by atoms with E-state index in [0.29, 0.717) is 11.3 Å². The van der Waals surface area contributed by atoms with Gasteiger partial charge in [0.25, 0.3) is 5.91 Å². The van der Waals surface area contributed by atoms with E-state index < -0.39 is 0 Å². The van der Waals surface area contributed by atoms with Gasteiger partial charge in [-0.2, -0.15) is 0 Å². The number of allylic oxidation sites excluding steroid dienone is 1. The number of amides is 1. The summed E-state index contributed by atoms with van der Waals surface area (Å²) in [6, 6.07) is 5.56. The zero-order valence-electron chi connectivity index (χ0n) is 16.7. The molecule has 0 bridgehead atoms. The van der Waals surface area contributed by atoms with Crippen LogP contribution in [-0.2, 0) is 0 Å². The Bertz CT molecular complexity index is 656. The first-order chi connectivity index (χ1) is 11.5. The van der Waals surface area contributed by atoms with Crippen LogP contribution < -0.4 is 10.2 Å². The number of hydrazine groups is 1. The molecule has 0 spiro atoms. The van der Waals surface area contributed by atoms with Crippen molar-refractivity contribution in [2.75, 3.05) is 7.11 Å². The minimum Gasteiger partial charge on any atom is -0.496 e. The summed E-state index contributed by atoms with van der Waals surface area (Å²) in [7, 11) is 1.60. The van der Waals surface area contributed by atoms with E-state index in [1.165, 1.54) is 0 Å². The average Bonchev–Trinajstić information content (AvgIpc) is 2.52. The Hall–Kier alpha value is -2.23. The fourth-order valence-corrected chi connectivity index (χ4v) is 2.97. The largest absolute Gasteiger partial charge is 0.496 e. The number of nitrogens with one attached hydrogen (secondary N) is 1. The zero-order chi connectivity index (χ0) is 19.4. The molecule has 4 nitrogen and oxygen atoms in total. The highest BCUT2D eigenvalue weighted by Crippen LogP contribution is 2.30. The molecule has 1 atom stereocenters. The summed E-state index contributed by atoms with van der Waals surface area (Å²) in [4.78, 5) is 12.9. The second-order valence-corrected chi connectivity index (χ2v) is 7.46. The van der Waals surface area contributed by atoms with Crippen molar-refractivity contribution in [1.29, 1.82) is 0 Å². The third kappa shape index (κ3) is 4.88. The van der Waals surface area contributed by atoms with Crippen molar-refractivity contribution in [1.82, 2.24) is 10.4 Å². The Morgan fingerprint density at radius 2 is 1.92 bits per heavy atom. The molecule has 1 rings (SSSR count). The smallest absolute Gasteiger partial charge is 0.270 e. The Balaban J connectivity index is 3.24. The maximum absolute atomic E-state index is 12.9. The first kappa shape index (κ1) is 20.8. The van der Waals surface area contributed by atoms with Gasteiger partial charge in [-0.15, -0.1) is 0 Å². The first-order valence-corrected chi connectivity index (χ1v) is 8.63. The van der Waals surface area contributed by atoms with Crippen molar-refractivity contribution >= 4 is 5.91 Å². The van der Waals surface area contributed by atoms with E-state index >= 15 is 0 Å². The molecular weight excluding hydrogens is 312 g/mol. The van der Waals surface area contributed by atoms with Gasteiger partial charge in [0.2, 0.25) is 0 Å². The van der Waals surface area contributed by atoms with Gasteiger partial charge in [-0.05, 0) is 43.4 Å². The van der Waals surface area contributed by atoms with E-state index in [9.17, 15) is 4.79 Å². The Kier molecular flexibility index (Phi) is 6.86. The molecule has 0 aliphatic rings. The molecule has 0 saturated carbocycles. The molecule has 0 heterocycles. The fourth-order valence-electron chi connectivity index (χ4n) is 2.97. The van der Waals surface area contributed by atoms with Crippen LogP contribution in [0.3, 0.4) is 0 Å². The average molecular weight is 344 g/mol. The van der Waals surface area contributed by atoms with Gasteiger partial charge >= 0.3 is 0 Å². The molecule has 0 unspecified atom stereocenters. The molecule has 138 valence electrons. The van der Waals surface area contributed by atoms with E-state index in [1.54, 1.807) is 13.2 Å². The van der Waals surface area contributed by atoms with Gasteiger partial charge in [-0.3, -0.25) is 15.2 Å². The third-order valence-corrected chi connectivity index (χ3v) is 4.45. The normalized spacial score (nSPS) is 12.3. The predicted molar refractivity (Wildman–Crippen MR) is 105 cm³/mol. The molecule has 4 heteroatoms. The van der Waals surface area contributed by atoms with E-state index in [-0.39, 0.29) is 17.4 Å². The van der Waals surface area contributed by atoms with Crippen LogP contribution in [0.4, 0.5) is 0 Å². The summed E-state index contributed by atoms with van der Waals surface area (Å²) < 4.78 is 5.32. The van der Waals surface area contributed by atoms with Gasteiger partial charge in [0, 0.05) is 11.1 Å². The summed E-state index contributed by atoms with van der Waals surface area (Å²) in [5, 5.41) is 1.86. The molecule has 25 heavy (non-hydrogen) atoms. The van der Waals surface area contributed by atoms with Crippen molar-refractivity contribution < 1.29 is 9.53 Å².